The largest absolute Gasteiger partial charge is 0.476 e. The number of nitro groups is 1. The molecule has 0 bridgehead atoms. The summed E-state index contributed by atoms with van der Waals surface area (Å²) in [6, 6.07) is 10.9. The van der Waals surface area contributed by atoms with Crippen LogP contribution in [0.25, 0.3) is 10.9 Å². The van der Waals surface area contributed by atoms with E-state index in [0.29, 0.717) is 10.9 Å². The second-order valence-corrected chi connectivity index (χ2v) is 5.47. The van der Waals surface area contributed by atoms with E-state index in [-0.39, 0.29) is 27.9 Å². The highest BCUT2D eigenvalue weighted by molar-refractivity contribution is 6.30. The number of rotatable bonds is 4. The molecule has 7 nitrogen and oxygen atoms in total. The zero-order chi connectivity index (χ0) is 17.4. The van der Waals surface area contributed by atoms with Gasteiger partial charge in [0.05, 0.1) is 10.4 Å². The Morgan fingerprint density at radius 2 is 2.00 bits per heavy atom. The van der Waals surface area contributed by atoms with Crippen molar-refractivity contribution >= 4 is 34.2 Å². The number of fused-ring (bicyclic) bond motifs is 1. The minimum atomic E-state index is -1.19. The minimum absolute atomic E-state index is 0.0472. The third-order valence-corrected chi connectivity index (χ3v) is 3.83. The quantitative estimate of drug-likeness (QED) is 0.563. The van der Waals surface area contributed by atoms with Crippen LogP contribution in [-0.4, -0.2) is 20.6 Å². The summed E-state index contributed by atoms with van der Waals surface area (Å²) in [5.41, 5.74) is 0.203. The van der Waals surface area contributed by atoms with Crippen LogP contribution in [0.3, 0.4) is 0 Å². The zero-order valence-electron chi connectivity index (χ0n) is 12.4. The number of carboxylic acids is 1. The molecule has 0 atom stereocenters. The molecule has 1 N–H and O–H groups in total. The van der Waals surface area contributed by atoms with E-state index in [1.165, 1.54) is 16.7 Å². The predicted molar refractivity (Wildman–Crippen MR) is 88.1 cm³/mol. The fourth-order valence-corrected chi connectivity index (χ4v) is 2.70. The molecule has 0 aliphatic carbocycles. The van der Waals surface area contributed by atoms with Crippen LogP contribution in [-0.2, 0) is 7.05 Å². The van der Waals surface area contributed by atoms with Gasteiger partial charge in [-0.05, 0) is 24.3 Å². The van der Waals surface area contributed by atoms with E-state index >= 15 is 0 Å². The highest BCUT2D eigenvalue weighted by Crippen LogP contribution is 2.39. The molecule has 8 heteroatoms. The molecule has 122 valence electrons. The zero-order valence-corrected chi connectivity index (χ0v) is 13.1. The fourth-order valence-electron chi connectivity index (χ4n) is 2.53. The summed E-state index contributed by atoms with van der Waals surface area (Å²) in [5, 5.41) is 21.4. The van der Waals surface area contributed by atoms with Crippen LogP contribution in [0.4, 0.5) is 5.69 Å². The molecule has 1 aromatic heterocycles. The van der Waals surface area contributed by atoms with Crippen molar-refractivity contribution in [1.82, 2.24) is 4.57 Å². The Hall–Kier alpha value is -3.06. The molecule has 2 aromatic carbocycles. The summed E-state index contributed by atoms with van der Waals surface area (Å²) < 4.78 is 7.12. The second-order valence-electron chi connectivity index (χ2n) is 5.03. The van der Waals surface area contributed by atoms with E-state index in [1.54, 1.807) is 31.3 Å². The van der Waals surface area contributed by atoms with Crippen molar-refractivity contribution in [2.75, 3.05) is 0 Å². The molecule has 0 radical (unpaired) electrons. The van der Waals surface area contributed by atoms with Gasteiger partial charge in [0.15, 0.2) is 11.4 Å². The lowest BCUT2D eigenvalue weighted by Gasteiger charge is -2.07. The van der Waals surface area contributed by atoms with Crippen LogP contribution < -0.4 is 4.74 Å². The SMILES string of the molecule is Cn1c(C(=O)O)c(Oc2ccc(Cl)cc2[N+](=O)[O-])c2ccccc21. The van der Waals surface area contributed by atoms with Crippen LogP contribution >= 0.6 is 11.6 Å². The number of hydrogen-bond acceptors (Lipinski definition) is 4. The van der Waals surface area contributed by atoms with Crippen molar-refractivity contribution in [3.05, 3.63) is 63.3 Å². The molecule has 1 heterocycles. The molecule has 3 aromatic rings. The monoisotopic (exact) mass is 346 g/mol. The Bertz CT molecular complexity index is 980. The number of nitro benzene ring substituents is 1. The van der Waals surface area contributed by atoms with E-state index < -0.39 is 10.9 Å². The van der Waals surface area contributed by atoms with Gasteiger partial charge in [0.2, 0.25) is 5.75 Å². The van der Waals surface area contributed by atoms with Crippen LogP contribution in [0.2, 0.25) is 5.02 Å². The van der Waals surface area contributed by atoms with Crippen molar-refractivity contribution in [1.29, 1.82) is 0 Å². The normalized spacial score (nSPS) is 10.8. The number of aryl methyl sites for hydroxylation is 1. The lowest BCUT2D eigenvalue weighted by Crippen LogP contribution is -2.06. The number of aromatic nitrogens is 1. The average molecular weight is 347 g/mol. The minimum Gasteiger partial charge on any atom is -0.476 e. The first-order chi connectivity index (χ1) is 11.4. The second kappa shape index (κ2) is 5.86. The maximum absolute atomic E-state index is 11.6. The summed E-state index contributed by atoms with van der Waals surface area (Å²) in [5.74, 6) is -1.23. The van der Waals surface area contributed by atoms with Gasteiger partial charge in [-0.1, -0.05) is 23.7 Å². The Morgan fingerprint density at radius 3 is 2.67 bits per heavy atom. The third kappa shape index (κ3) is 2.55. The molecule has 0 aliphatic rings. The number of nitrogens with zero attached hydrogens (tertiary/aromatic N) is 2. The predicted octanol–water partition coefficient (Wildman–Crippen LogP) is 4.23. The van der Waals surface area contributed by atoms with E-state index in [9.17, 15) is 20.0 Å². The molecule has 3 rings (SSSR count). The van der Waals surface area contributed by atoms with Crippen LogP contribution in [0.1, 0.15) is 10.5 Å². The summed E-state index contributed by atoms with van der Waals surface area (Å²) in [6.45, 7) is 0. The van der Waals surface area contributed by atoms with E-state index in [0.717, 1.165) is 6.07 Å². The van der Waals surface area contributed by atoms with Crippen molar-refractivity contribution < 1.29 is 19.6 Å². The van der Waals surface area contributed by atoms with E-state index in [2.05, 4.69) is 0 Å². The van der Waals surface area contributed by atoms with Gasteiger partial charge in [-0.2, -0.15) is 0 Å². The molecule has 0 saturated heterocycles. The van der Waals surface area contributed by atoms with Gasteiger partial charge in [-0.25, -0.2) is 4.79 Å². The number of benzene rings is 2. The molecule has 0 spiro atoms. The van der Waals surface area contributed by atoms with Gasteiger partial charge in [-0.3, -0.25) is 10.1 Å². The Balaban J connectivity index is 2.23. The maximum atomic E-state index is 11.6. The summed E-state index contributed by atoms with van der Waals surface area (Å²) >= 11 is 5.79. The number of carboxylic acid groups (broad SMARTS) is 1. The van der Waals surface area contributed by atoms with Gasteiger partial charge in [0.25, 0.3) is 0 Å². The number of halogens is 1. The first-order valence-corrected chi connectivity index (χ1v) is 7.20. The first-order valence-electron chi connectivity index (χ1n) is 6.82. The molecule has 0 saturated carbocycles. The van der Waals surface area contributed by atoms with E-state index in [4.69, 9.17) is 16.3 Å². The Morgan fingerprint density at radius 1 is 1.29 bits per heavy atom. The number of hydrogen-bond donors (Lipinski definition) is 1. The van der Waals surface area contributed by atoms with Gasteiger partial charge >= 0.3 is 11.7 Å². The summed E-state index contributed by atoms with van der Waals surface area (Å²) in [4.78, 5) is 22.2. The van der Waals surface area contributed by atoms with Crippen LogP contribution in [0, 0.1) is 10.1 Å². The van der Waals surface area contributed by atoms with Crippen LogP contribution in [0.15, 0.2) is 42.5 Å². The third-order valence-electron chi connectivity index (χ3n) is 3.59. The molecule has 0 aliphatic heterocycles. The summed E-state index contributed by atoms with van der Waals surface area (Å²) in [7, 11) is 1.59. The Labute approximate surface area is 140 Å². The van der Waals surface area contributed by atoms with Crippen molar-refractivity contribution in [2.24, 2.45) is 7.05 Å². The van der Waals surface area contributed by atoms with Crippen molar-refractivity contribution in [2.45, 2.75) is 0 Å². The average Bonchev–Trinajstić information content (AvgIpc) is 2.82. The Kier molecular flexibility index (Phi) is 3.86. The molecule has 24 heavy (non-hydrogen) atoms. The lowest BCUT2D eigenvalue weighted by atomic mass is 10.2. The number of ether oxygens (including phenoxy) is 1. The standard InChI is InChI=1S/C16H11ClN2O5/c1-18-11-5-3-2-4-10(11)15(14(18)16(20)21)24-13-7-6-9(17)8-12(13)19(22)23/h2-8H,1H3,(H,20,21). The highest BCUT2D eigenvalue weighted by atomic mass is 35.5. The van der Waals surface area contributed by atoms with E-state index in [1.807, 2.05) is 0 Å². The number of aromatic carboxylic acids is 1. The van der Waals surface area contributed by atoms with Crippen LogP contribution in [0.5, 0.6) is 11.5 Å². The molecule has 0 unspecified atom stereocenters. The number of carbonyl (C=O) groups is 1. The summed E-state index contributed by atoms with van der Waals surface area (Å²) in [6.07, 6.45) is 0. The smallest absolute Gasteiger partial charge is 0.356 e. The molecular formula is C16H11ClN2O5. The van der Waals surface area contributed by atoms with Crippen molar-refractivity contribution in [3.63, 3.8) is 0 Å². The highest BCUT2D eigenvalue weighted by Gasteiger charge is 2.25. The first kappa shape index (κ1) is 15.8. The van der Waals surface area contributed by atoms with Gasteiger partial charge in [0, 0.05) is 23.5 Å². The van der Waals surface area contributed by atoms with Gasteiger partial charge in [0.1, 0.15) is 0 Å². The topological polar surface area (TPSA) is 94.6 Å². The molecular weight excluding hydrogens is 336 g/mol. The molecule has 0 amide bonds. The maximum Gasteiger partial charge on any atom is 0.356 e. The van der Waals surface area contributed by atoms with Gasteiger partial charge < -0.3 is 14.4 Å². The fraction of sp³-hybridized carbons (Fsp3) is 0.0625. The number of para-hydroxylation sites is 1. The van der Waals surface area contributed by atoms with Gasteiger partial charge in [-0.15, -0.1) is 0 Å². The lowest BCUT2D eigenvalue weighted by molar-refractivity contribution is -0.385. The van der Waals surface area contributed by atoms with Crippen molar-refractivity contribution in [3.8, 4) is 11.5 Å². The molecule has 0 fully saturated rings.